The van der Waals surface area contributed by atoms with Crippen LogP contribution in [0.1, 0.15) is 11.1 Å². The lowest BCUT2D eigenvalue weighted by molar-refractivity contribution is 1.35. The predicted octanol–water partition coefficient (Wildman–Crippen LogP) is 2.15. The Kier molecular flexibility index (Phi) is 2.74. The van der Waals surface area contributed by atoms with Crippen molar-refractivity contribution < 1.29 is 0 Å². The molecule has 1 rings (SSSR count). The van der Waals surface area contributed by atoms with E-state index in [-0.39, 0.29) is 0 Å². The van der Waals surface area contributed by atoms with Gasteiger partial charge in [-0.1, -0.05) is 0 Å². The van der Waals surface area contributed by atoms with Gasteiger partial charge in [0.1, 0.15) is 6.07 Å². The molecule has 0 aromatic heterocycles. The summed E-state index contributed by atoms with van der Waals surface area (Å²) in [6, 6.07) is 9.15. The predicted molar refractivity (Wildman–Crippen MR) is 47.7 cm³/mol. The summed E-state index contributed by atoms with van der Waals surface area (Å²) in [5, 5.41) is 17.2. The fourth-order valence-electron chi connectivity index (χ4n) is 0.853. The third kappa shape index (κ3) is 1.58. The highest BCUT2D eigenvalue weighted by molar-refractivity contribution is 7.98. The first-order valence-electron chi connectivity index (χ1n) is 3.30. The van der Waals surface area contributed by atoms with E-state index in [9.17, 15) is 0 Å². The number of nitrogens with zero attached hydrogens (tertiary/aromatic N) is 2. The van der Waals surface area contributed by atoms with E-state index in [0.717, 1.165) is 4.90 Å². The van der Waals surface area contributed by atoms with Crippen LogP contribution in [0.2, 0.25) is 0 Å². The van der Waals surface area contributed by atoms with Gasteiger partial charge in [-0.3, -0.25) is 0 Å². The van der Waals surface area contributed by atoms with Gasteiger partial charge in [-0.25, -0.2) is 0 Å². The van der Waals surface area contributed by atoms with Gasteiger partial charge >= 0.3 is 0 Å². The van der Waals surface area contributed by atoms with Gasteiger partial charge in [0.15, 0.2) is 0 Å². The van der Waals surface area contributed by atoms with E-state index in [1.54, 1.807) is 18.2 Å². The molecule has 0 saturated heterocycles. The van der Waals surface area contributed by atoms with Crippen molar-refractivity contribution in [3.05, 3.63) is 29.3 Å². The Morgan fingerprint density at radius 3 is 2.50 bits per heavy atom. The van der Waals surface area contributed by atoms with Crippen LogP contribution in [0.3, 0.4) is 0 Å². The van der Waals surface area contributed by atoms with E-state index in [1.165, 1.54) is 11.8 Å². The summed E-state index contributed by atoms with van der Waals surface area (Å²) in [6.45, 7) is 0. The van der Waals surface area contributed by atoms with Crippen molar-refractivity contribution in [3.8, 4) is 12.1 Å². The Labute approximate surface area is 75.4 Å². The third-order valence-corrected chi connectivity index (χ3v) is 2.23. The van der Waals surface area contributed by atoms with Crippen LogP contribution in [0.5, 0.6) is 0 Å². The third-order valence-electron chi connectivity index (χ3n) is 1.45. The molecule has 0 atom stereocenters. The molecule has 0 N–H and O–H groups in total. The van der Waals surface area contributed by atoms with Crippen LogP contribution < -0.4 is 0 Å². The van der Waals surface area contributed by atoms with Crippen LogP contribution in [0.4, 0.5) is 0 Å². The van der Waals surface area contributed by atoms with E-state index in [0.29, 0.717) is 11.1 Å². The van der Waals surface area contributed by atoms with Crippen molar-refractivity contribution in [2.24, 2.45) is 0 Å². The van der Waals surface area contributed by atoms with Crippen molar-refractivity contribution in [1.82, 2.24) is 0 Å². The summed E-state index contributed by atoms with van der Waals surface area (Å²) in [5.41, 5.74) is 1.22. The van der Waals surface area contributed by atoms with Gasteiger partial charge in [-0.2, -0.15) is 10.5 Å². The first kappa shape index (κ1) is 8.64. The molecule has 0 heterocycles. The molecule has 0 bridgehead atoms. The second-order valence-electron chi connectivity index (χ2n) is 2.14. The Morgan fingerprint density at radius 1 is 1.25 bits per heavy atom. The molecule has 58 valence electrons. The molecule has 0 fully saturated rings. The van der Waals surface area contributed by atoms with E-state index in [1.807, 2.05) is 12.3 Å². The highest BCUT2D eigenvalue weighted by Crippen LogP contribution is 2.20. The van der Waals surface area contributed by atoms with Crippen molar-refractivity contribution in [1.29, 1.82) is 10.5 Å². The molecule has 0 unspecified atom stereocenters. The van der Waals surface area contributed by atoms with Crippen LogP contribution in [0, 0.1) is 22.7 Å². The largest absolute Gasteiger partial charge is 0.192 e. The molecular weight excluding hydrogens is 168 g/mol. The van der Waals surface area contributed by atoms with Crippen LogP contribution >= 0.6 is 11.8 Å². The fraction of sp³-hybridized carbons (Fsp3) is 0.111. The Balaban J connectivity index is 3.24. The molecule has 0 aliphatic heterocycles. The maximum absolute atomic E-state index is 8.67. The number of nitriles is 2. The normalized spacial score (nSPS) is 8.58. The lowest BCUT2D eigenvalue weighted by atomic mass is 10.2. The lowest BCUT2D eigenvalue weighted by Gasteiger charge is -1.98. The summed E-state index contributed by atoms with van der Waals surface area (Å²) in [6.07, 6.45) is 1.89. The van der Waals surface area contributed by atoms with Gasteiger partial charge in [0.2, 0.25) is 0 Å². The molecule has 0 aliphatic carbocycles. The molecule has 0 aliphatic rings. The smallest absolute Gasteiger partial charge is 0.100 e. The van der Waals surface area contributed by atoms with Crippen LogP contribution in [0.25, 0.3) is 0 Å². The Morgan fingerprint density at radius 2 is 2.00 bits per heavy atom. The number of hydrogen-bond donors (Lipinski definition) is 0. The van der Waals surface area contributed by atoms with E-state index >= 15 is 0 Å². The lowest BCUT2D eigenvalue weighted by Crippen LogP contribution is -1.82. The minimum absolute atomic E-state index is 0.596. The quantitative estimate of drug-likeness (QED) is 0.613. The second-order valence-corrected chi connectivity index (χ2v) is 2.99. The van der Waals surface area contributed by atoms with E-state index in [2.05, 4.69) is 6.07 Å². The highest BCUT2D eigenvalue weighted by atomic mass is 32.2. The molecule has 1 aromatic carbocycles. The average Bonchev–Trinajstić information content (AvgIpc) is 2.16. The van der Waals surface area contributed by atoms with Gasteiger partial charge in [0.05, 0.1) is 17.2 Å². The number of thioether (sulfide) groups is 1. The molecule has 0 radical (unpaired) electrons. The summed E-state index contributed by atoms with van der Waals surface area (Å²) in [5.74, 6) is 0. The molecule has 0 saturated carbocycles. The van der Waals surface area contributed by atoms with Crippen LogP contribution in [0.15, 0.2) is 23.1 Å². The minimum atomic E-state index is 0.596. The molecular formula is C9H6N2S. The number of benzene rings is 1. The highest BCUT2D eigenvalue weighted by Gasteiger charge is 2.00. The summed E-state index contributed by atoms with van der Waals surface area (Å²) >= 11 is 1.48. The number of hydrogen-bond acceptors (Lipinski definition) is 3. The van der Waals surface area contributed by atoms with Crippen molar-refractivity contribution in [3.63, 3.8) is 0 Å². The standard InChI is InChI=1S/C9H6N2S/c1-12-9-4-7(5-10)2-3-8(9)6-11/h2-4H,1H3. The molecule has 0 amide bonds. The average molecular weight is 174 g/mol. The van der Waals surface area contributed by atoms with Crippen molar-refractivity contribution in [2.75, 3.05) is 6.26 Å². The summed E-state index contributed by atoms with van der Waals surface area (Å²) in [7, 11) is 0. The van der Waals surface area contributed by atoms with Gasteiger partial charge in [0.25, 0.3) is 0 Å². The maximum atomic E-state index is 8.67. The molecule has 0 spiro atoms. The van der Waals surface area contributed by atoms with Crippen molar-refractivity contribution >= 4 is 11.8 Å². The topological polar surface area (TPSA) is 47.6 Å². The van der Waals surface area contributed by atoms with Gasteiger partial charge in [0, 0.05) is 4.90 Å². The Hall–Kier alpha value is -1.45. The molecule has 1 aromatic rings. The zero-order chi connectivity index (χ0) is 8.97. The van der Waals surface area contributed by atoms with Gasteiger partial charge < -0.3 is 0 Å². The van der Waals surface area contributed by atoms with Crippen LogP contribution in [-0.2, 0) is 0 Å². The zero-order valence-electron chi connectivity index (χ0n) is 6.53. The first-order chi connectivity index (χ1) is 5.81. The van der Waals surface area contributed by atoms with Gasteiger partial charge in [-0.15, -0.1) is 11.8 Å². The first-order valence-corrected chi connectivity index (χ1v) is 4.52. The molecule has 12 heavy (non-hydrogen) atoms. The maximum Gasteiger partial charge on any atom is 0.100 e. The monoisotopic (exact) mass is 174 g/mol. The molecule has 2 nitrogen and oxygen atoms in total. The van der Waals surface area contributed by atoms with Gasteiger partial charge in [-0.05, 0) is 24.5 Å². The van der Waals surface area contributed by atoms with E-state index < -0.39 is 0 Å². The fourth-order valence-corrected chi connectivity index (χ4v) is 1.43. The van der Waals surface area contributed by atoms with E-state index in [4.69, 9.17) is 10.5 Å². The SMILES string of the molecule is CSc1cc(C#N)ccc1C#N. The summed E-state index contributed by atoms with van der Waals surface area (Å²) < 4.78 is 0. The minimum Gasteiger partial charge on any atom is -0.192 e. The Bertz CT molecular complexity index is 371. The molecule has 3 heteroatoms. The van der Waals surface area contributed by atoms with Crippen LogP contribution in [-0.4, -0.2) is 6.26 Å². The second kappa shape index (κ2) is 3.80. The number of rotatable bonds is 1. The zero-order valence-corrected chi connectivity index (χ0v) is 7.35. The van der Waals surface area contributed by atoms with Crippen molar-refractivity contribution in [2.45, 2.75) is 4.90 Å². The summed E-state index contributed by atoms with van der Waals surface area (Å²) in [4.78, 5) is 0.858.